The molecule has 2 heterocycles. The van der Waals surface area contributed by atoms with Gasteiger partial charge in [-0.05, 0) is 30.8 Å². The fourth-order valence-corrected chi connectivity index (χ4v) is 3.23. The highest BCUT2D eigenvalue weighted by Gasteiger charge is 2.17. The van der Waals surface area contributed by atoms with Crippen molar-refractivity contribution in [1.29, 1.82) is 0 Å². The summed E-state index contributed by atoms with van der Waals surface area (Å²) in [4.78, 5) is 4.68. The Kier molecular flexibility index (Phi) is 5.54. The smallest absolute Gasteiger partial charge is 0.216 e. The Hall–Kier alpha value is -2.76. The Labute approximate surface area is 167 Å². The van der Waals surface area contributed by atoms with Crippen LogP contribution in [0.5, 0.6) is 5.88 Å². The molecule has 2 aromatic heterocycles. The van der Waals surface area contributed by atoms with Crippen LogP contribution in [-0.4, -0.2) is 19.7 Å². The highest BCUT2D eigenvalue weighted by molar-refractivity contribution is 6.42. The van der Waals surface area contributed by atoms with Gasteiger partial charge in [0.25, 0.3) is 0 Å². The number of allylic oxidation sites excluding steroid dienone is 4. The SMILES string of the molecule is C=C/C=C(\C=C/N)c1cc(O)n2nc(C)c(Cc3cccc(Cl)c3Cl)c2n1. The van der Waals surface area contributed by atoms with Gasteiger partial charge in [-0.15, -0.1) is 0 Å². The molecule has 3 aromatic rings. The summed E-state index contributed by atoms with van der Waals surface area (Å²) in [6.45, 7) is 5.57. The summed E-state index contributed by atoms with van der Waals surface area (Å²) >= 11 is 12.5. The van der Waals surface area contributed by atoms with Crippen LogP contribution in [0.4, 0.5) is 0 Å². The van der Waals surface area contributed by atoms with Gasteiger partial charge in [-0.1, -0.05) is 54.1 Å². The third-order valence-electron chi connectivity index (χ3n) is 4.13. The second kappa shape index (κ2) is 7.86. The molecule has 0 unspecified atom stereocenters. The first-order valence-electron chi connectivity index (χ1n) is 8.18. The van der Waals surface area contributed by atoms with Gasteiger partial charge < -0.3 is 10.8 Å². The van der Waals surface area contributed by atoms with Crippen molar-refractivity contribution < 1.29 is 5.11 Å². The van der Waals surface area contributed by atoms with E-state index in [9.17, 15) is 5.11 Å². The van der Waals surface area contributed by atoms with Crippen molar-refractivity contribution in [2.75, 3.05) is 0 Å². The van der Waals surface area contributed by atoms with Crippen LogP contribution in [0.3, 0.4) is 0 Å². The maximum Gasteiger partial charge on any atom is 0.216 e. The zero-order valence-electron chi connectivity index (χ0n) is 14.7. The molecule has 0 bridgehead atoms. The first-order valence-corrected chi connectivity index (χ1v) is 8.94. The van der Waals surface area contributed by atoms with Crippen molar-refractivity contribution in [2.45, 2.75) is 13.3 Å². The Balaban J connectivity index is 2.19. The molecule has 27 heavy (non-hydrogen) atoms. The van der Waals surface area contributed by atoms with E-state index in [0.717, 1.165) is 22.4 Å². The Bertz CT molecular complexity index is 1080. The summed E-state index contributed by atoms with van der Waals surface area (Å²) in [5, 5.41) is 15.8. The number of aromatic nitrogens is 3. The normalized spacial score (nSPS) is 12.2. The van der Waals surface area contributed by atoms with Crippen LogP contribution in [0.2, 0.25) is 10.0 Å². The van der Waals surface area contributed by atoms with Crippen LogP contribution in [0, 0.1) is 6.92 Å². The summed E-state index contributed by atoms with van der Waals surface area (Å²) in [6, 6.07) is 7.02. The van der Waals surface area contributed by atoms with Crippen molar-refractivity contribution in [3.63, 3.8) is 0 Å². The van der Waals surface area contributed by atoms with Crippen LogP contribution >= 0.6 is 23.2 Å². The second-order valence-electron chi connectivity index (χ2n) is 5.91. The van der Waals surface area contributed by atoms with Gasteiger partial charge in [0.2, 0.25) is 5.88 Å². The van der Waals surface area contributed by atoms with Crippen molar-refractivity contribution in [3.05, 3.63) is 87.8 Å². The number of aryl methyl sites for hydroxylation is 1. The van der Waals surface area contributed by atoms with E-state index in [4.69, 9.17) is 28.9 Å². The Morgan fingerprint density at radius 1 is 1.37 bits per heavy atom. The molecule has 0 fully saturated rings. The highest BCUT2D eigenvalue weighted by Crippen LogP contribution is 2.30. The maximum absolute atomic E-state index is 10.4. The van der Waals surface area contributed by atoms with E-state index in [0.29, 0.717) is 27.8 Å². The van der Waals surface area contributed by atoms with E-state index < -0.39 is 0 Å². The number of benzene rings is 1. The fraction of sp³-hybridized carbons (Fsp3) is 0.100. The van der Waals surface area contributed by atoms with Gasteiger partial charge in [-0.2, -0.15) is 9.61 Å². The van der Waals surface area contributed by atoms with Gasteiger partial charge in [-0.3, -0.25) is 0 Å². The van der Waals surface area contributed by atoms with E-state index in [-0.39, 0.29) is 5.88 Å². The number of nitrogens with two attached hydrogens (primary N) is 1. The zero-order chi connectivity index (χ0) is 19.6. The third kappa shape index (κ3) is 3.70. The molecule has 3 N–H and O–H groups in total. The largest absolute Gasteiger partial charge is 0.493 e. The van der Waals surface area contributed by atoms with Crippen molar-refractivity contribution in [1.82, 2.24) is 14.6 Å². The number of hydrogen-bond acceptors (Lipinski definition) is 4. The molecule has 0 aliphatic heterocycles. The molecule has 0 atom stereocenters. The quantitative estimate of drug-likeness (QED) is 0.609. The van der Waals surface area contributed by atoms with Crippen LogP contribution in [0.15, 0.2) is 55.3 Å². The lowest BCUT2D eigenvalue weighted by Gasteiger charge is -2.07. The minimum absolute atomic E-state index is 0.0260. The van der Waals surface area contributed by atoms with Crippen LogP contribution in [-0.2, 0) is 6.42 Å². The lowest BCUT2D eigenvalue weighted by atomic mass is 10.0. The molecule has 0 saturated heterocycles. The Morgan fingerprint density at radius 3 is 2.85 bits per heavy atom. The number of fused-ring (bicyclic) bond motifs is 1. The third-order valence-corrected chi connectivity index (χ3v) is 4.99. The molecule has 3 rings (SSSR count). The van der Waals surface area contributed by atoms with Gasteiger partial charge >= 0.3 is 0 Å². The summed E-state index contributed by atoms with van der Waals surface area (Å²) in [6.07, 6.45) is 6.98. The second-order valence-corrected chi connectivity index (χ2v) is 6.69. The molecule has 138 valence electrons. The molecule has 0 saturated carbocycles. The van der Waals surface area contributed by atoms with E-state index in [1.165, 1.54) is 16.8 Å². The van der Waals surface area contributed by atoms with E-state index in [1.54, 1.807) is 24.3 Å². The van der Waals surface area contributed by atoms with Gasteiger partial charge in [0, 0.05) is 23.6 Å². The number of hydrogen-bond donors (Lipinski definition) is 2. The van der Waals surface area contributed by atoms with Gasteiger partial charge in [0.1, 0.15) is 0 Å². The van der Waals surface area contributed by atoms with Gasteiger partial charge in [0.05, 0.1) is 21.4 Å². The van der Waals surface area contributed by atoms with Crippen molar-refractivity contribution in [2.24, 2.45) is 5.73 Å². The average molecular weight is 401 g/mol. The maximum atomic E-state index is 10.4. The van der Waals surface area contributed by atoms with Crippen molar-refractivity contribution >= 4 is 34.4 Å². The summed E-state index contributed by atoms with van der Waals surface area (Å²) in [7, 11) is 0. The molecular weight excluding hydrogens is 383 g/mol. The predicted molar refractivity (Wildman–Crippen MR) is 110 cm³/mol. The highest BCUT2D eigenvalue weighted by atomic mass is 35.5. The minimum atomic E-state index is -0.0260. The molecule has 0 aliphatic rings. The Morgan fingerprint density at radius 2 is 2.15 bits per heavy atom. The van der Waals surface area contributed by atoms with Crippen LogP contribution in [0.25, 0.3) is 11.2 Å². The summed E-state index contributed by atoms with van der Waals surface area (Å²) in [5.74, 6) is -0.0260. The summed E-state index contributed by atoms with van der Waals surface area (Å²) < 4.78 is 1.41. The van der Waals surface area contributed by atoms with Gasteiger partial charge in [-0.25, -0.2) is 4.98 Å². The lowest BCUT2D eigenvalue weighted by Crippen LogP contribution is -1.98. The van der Waals surface area contributed by atoms with Gasteiger partial charge in [0.15, 0.2) is 5.65 Å². The van der Waals surface area contributed by atoms with Crippen molar-refractivity contribution in [3.8, 4) is 5.88 Å². The molecule has 0 amide bonds. The number of halogens is 2. The topological polar surface area (TPSA) is 76.4 Å². The molecule has 7 heteroatoms. The molecule has 1 aromatic carbocycles. The molecule has 0 spiro atoms. The van der Waals surface area contributed by atoms with E-state index >= 15 is 0 Å². The molecule has 0 radical (unpaired) electrons. The predicted octanol–water partition coefficient (Wildman–Crippen LogP) is 4.68. The zero-order valence-corrected chi connectivity index (χ0v) is 16.2. The van der Waals surface area contributed by atoms with E-state index in [2.05, 4.69) is 16.7 Å². The van der Waals surface area contributed by atoms with Crippen LogP contribution in [0.1, 0.15) is 22.5 Å². The minimum Gasteiger partial charge on any atom is -0.493 e. The monoisotopic (exact) mass is 400 g/mol. The van der Waals surface area contributed by atoms with E-state index in [1.807, 2.05) is 19.1 Å². The first-order chi connectivity index (χ1) is 13.0. The fourth-order valence-electron chi connectivity index (χ4n) is 2.84. The lowest BCUT2D eigenvalue weighted by molar-refractivity contribution is 0.434. The number of nitrogens with zero attached hydrogens (tertiary/aromatic N) is 3. The number of aromatic hydroxyl groups is 1. The summed E-state index contributed by atoms with van der Waals surface area (Å²) in [5.41, 5.74) is 9.80. The molecular formula is C20H18Cl2N4O. The number of rotatable bonds is 5. The average Bonchev–Trinajstić information content (AvgIpc) is 2.95. The van der Waals surface area contributed by atoms with Crippen LogP contribution < -0.4 is 5.73 Å². The standard InChI is InChI=1S/C20H18Cl2N4O/c1-3-5-13(8-9-23)17-11-18(27)26-20(24-17)15(12(2)25-26)10-14-6-4-7-16(21)19(14)22/h3-9,11,27H,1,10,23H2,2H3/b9-8-,13-5+. The first kappa shape index (κ1) is 19.0. The molecule has 0 aliphatic carbocycles. The molecule has 5 nitrogen and oxygen atoms in total.